The Balaban J connectivity index is 2.38. The molecule has 2 rings (SSSR count). The summed E-state index contributed by atoms with van der Waals surface area (Å²) in [6.45, 7) is 0. The van der Waals surface area contributed by atoms with Crippen molar-refractivity contribution in [1.82, 2.24) is 10.2 Å². The van der Waals surface area contributed by atoms with Gasteiger partial charge >= 0.3 is 5.97 Å². The van der Waals surface area contributed by atoms with Gasteiger partial charge in [0.25, 0.3) is 0 Å². The van der Waals surface area contributed by atoms with E-state index < -0.39 is 5.97 Å². The van der Waals surface area contributed by atoms with Crippen LogP contribution in [0.3, 0.4) is 0 Å². The predicted octanol–water partition coefficient (Wildman–Crippen LogP) is 0.434. The molecule has 0 unspecified atom stereocenters. The molecule has 0 saturated heterocycles. The molecule has 0 aliphatic heterocycles. The van der Waals surface area contributed by atoms with Gasteiger partial charge in [0, 0.05) is 23.3 Å². The van der Waals surface area contributed by atoms with Gasteiger partial charge in [-0.25, -0.2) is 4.79 Å². The van der Waals surface area contributed by atoms with Crippen molar-refractivity contribution in [3.05, 3.63) is 23.0 Å². The molecule has 4 nitrogen and oxygen atoms in total. The van der Waals surface area contributed by atoms with Gasteiger partial charge < -0.3 is 5.11 Å². The molecule has 0 atom stereocenters. The topological polar surface area (TPSA) is 66.0 Å². The van der Waals surface area contributed by atoms with Crippen LogP contribution in [-0.4, -0.2) is 21.3 Å². The van der Waals surface area contributed by atoms with Crippen LogP contribution in [0.15, 0.2) is 11.8 Å². The Bertz CT molecular complexity index is 338. The molecule has 0 aromatic carbocycles. The molecule has 0 spiro atoms. The van der Waals surface area contributed by atoms with Crippen molar-refractivity contribution in [2.24, 2.45) is 0 Å². The second-order valence-corrected chi connectivity index (χ2v) is 2.46. The summed E-state index contributed by atoms with van der Waals surface area (Å²) in [5, 5.41) is 15.1. The van der Waals surface area contributed by atoms with Crippen LogP contribution in [0.5, 0.6) is 0 Å². The molecule has 0 fully saturated rings. The van der Waals surface area contributed by atoms with Crippen LogP contribution in [0.1, 0.15) is 11.3 Å². The molecule has 1 aliphatic carbocycles. The Kier molecular flexibility index (Phi) is 1.09. The fourth-order valence-corrected chi connectivity index (χ4v) is 1.15. The zero-order valence-corrected chi connectivity index (χ0v) is 5.66. The molecule has 1 heterocycles. The molecule has 1 aromatic heterocycles. The summed E-state index contributed by atoms with van der Waals surface area (Å²) < 4.78 is 0. The van der Waals surface area contributed by atoms with E-state index in [1.54, 1.807) is 12.3 Å². The number of nitrogens with zero attached hydrogens (tertiary/aromatic N) is 1. The first kappa shape index (κ1) is 6.15. The molecule has 1 aromatic rings. The number of carbonyl (C=O) groups is 1. The summed E-state index contributed by atoms with van der Waals surface area (Å²) >= 11 is 0. The van der Waals surface area contributed by atoms with Gasteiger partial charge in [0.1, 0.15) is 0 Å². The molecule has 11 heavy (non-hydrogen) atoms. The third-order valence-electron chi connectivity index (χ3n) is 1.72. The minimum atomic E-state index is -0.852. The Morgan fingerprint density at radius 3 is 3.18 bits per heavy atom. The van der Waals surface area contributed by atoms with Crippen LogP contribution in [0, 0.1) is 0 Å². The number of carboxylic acids is 1. The van der Waals surface area contributed by atoms with Crippen molar-refractivity contribution in [2.45, 2.75) is 6.42 Å². The normalized spacial score (nSPS) is 14.4. The fourth-order valence-electron chi connectivity index (χ4n) is 1.15. The van der Waals surface area contributed by atoms with Crippen molar-refractivity contribution >= 4 is 12.0 Å². The van der Waals surface area contributed by atoms with Crippen molar-refractivity contribution in [3.63, 3.8) is 0 Å². The number of hydrogen-bond donors (Lipinski definition) is 2. The predicted molar refractivity (Wildman–Crippen MR) is 37.9 cm³/mol. The Labute approximate surface area is 62.5 Å². The van der Waals surface area contributed by atoms with E-state index in [1.807, 2.05) is 0 Å². The van der Waals surface area contributed by atoms with Crippen molar-refractivity contribution in [1.29, 1.82) is 0 Å². The summed E-state index contributed by atoms with van der Waals surface area (Å²) in [4.78, 5) is 10.5. The standard InChI is InChI=1S/C7H6N2O2/c10-7(11)4-1-5-3-8-9-6(5)2-4/h1,3H,2H2,(H,8,9)(H,10,11). The molecule has 4 heteroatoms. The zero-order chi connectivity index (χ0) is 7.84. The Morgan fingerprint density at radius 2 is 2.55 bits per heavy atom. The highest BCUT2D eigenvalue weighted by atomic mass is 16.4. The molecule has 0 bridgehead atoms. The van der Waals surface area contributed by atoms with Gasteiger partial charge in [-0.05, 0) is 6.08 Å². The lowest BCUT2D eigenvalue weighted by Gasteiger charge is -1.90. The highest BCUT2D eigenvalue weighted by molar-refractivity contribution is 5.94. The van der Waals surface area contributed by atoms with Gasteiger partial charge in [-0.2, -0.15) is 5.10 Å². The third kappa shape index (κ3) is 0.832. The van der Waals surface area contributed by atoms with Crippen molar-refractivity contribution in [3.8, 4) is 0 Å². The van der Waals surface area contributed by atoms with Crippen LogP contribution < -0.4 is 0 Å². The van der Waals surface area contributed by atoms with E-state index in [-0.39, 0.29) is 0 Å². The summed E-state index contributed by atoms with van der Waals surface area (Å²) in [5.41, 5.74) is 2.21. The van der Waals surface area contributed by atoms with E-state index in [0.717, 1.165) is 11.3 Å². The molecule has 0 saturated carbocycles. The van der Waals surface area contributed by atoms with Crippen LogP contribution in [0.2, 0.25) is 0 Å². The summed E-state index contributed by atoms with van der Waals surface area (Å²) in [5.74, 6) is -0.852. The van der Waals surface area contributed by atoms with E-state index >= 15 is 0 Å². The number of nitrogens with one attached hydrogen (secondary N) is 1. The molecule has 56 valence electrons. The molecule has 2 N–H and O–H groups in total. The smallest absolute Gasteiger partial charge is 0.331 e. The maximum absolute atomic E-state index is 10.5. The van der Waals surface area contributed by atoms with Gasteiger partial charge in [-0.1, -0.05) is 0 Å². The minimum Gasteiger partial charge on any atom is -0.478 e. The van der Waals surface area contributed by atoms with Crippen molar-refractivity contribution < 1.29 is 9.90 Å². The number of H-pyrrole nitrogens is 1. The molecular formula is C7H6N2O2. The molecular weight excluding hydrogens is 144 g/mol. The van der Waals surface area contributed by atoms with E-state index in [1.165, 1.54) is 0 Å². The summed E-state index contributed by atoms with van der Waals surface area (Å²) in [6.07, 6.45) is 3.73. The Hall–Kier alpha value is -1.58. The first-order chi connectivity index (χ1) is 5.27. The quantitative estimate of drug-likeness (QED) is 0.610. The monoisotopic (exact) mass is 150 g/mol. The highest BCUT2D eigenvalue weighted by Gasteiger charge is 2.18. The van der Waals surface area contributed by atoms with Crippen LogP contribution in [0.25, 0.3) is 6.08 Å². The van der Waals surface area contributed by atoms with Gasteiger partial charge in [0.05, 0.1) is 6.20 Å². The summed E-state index contributed by atoms with van der Waals surface area (Å²) in [6, 6.07) is 0. The Morgan fingerprint density at radius 1 is 1.73 bits per heavy atom. The van der Waals surface area contributed by atoms with Crippen molar-refractivity contribution in [2.75, 3.05) is 0 Å². The van der Waals surface area contributed by atoms with Crippen LogP contribution in [-0.2, 0) is 11.2 Å². The largest absolute Gasteiger partial charge is 0.478 e. The van der Waals surface area contributed by atoms with E-state index in [2.05, 4.69) is 10.2 Å². The molecule has 0 amide bonds. The lowest BCUT2D eigenvalue weighted by molar-refractivity contribution is -0.132. The first-order valence-corrected chi connectivity index (χ1v) is 3.23. The number of aromatic amines is 1. The van der Waals surface area contributed by atoms with E-state index in [9.17, 15) is 4.79 Å². The van der Waals surface area contributed by atoms with Crippen LogP contribution in [0.4, 0.5) is 0 Å². The fraction of sp³-hybridized carbons (Fsp3) is 0.143. The molecule has 1 aliphatic rings. The van der Waals surface area contributed by atoms with Crippen LogP contribution >= 0.6 is 0 Å². The number of hydrogen-bond acceptors (Lipinski definition) is 2. The number of fused-ring (bicyclic) bond motifs is 1. The SMILES string of the molecule is O=C(O)C1=Cc2cn[nH]c2C1. The van der Waals surface area contributed by atoms with E-state index in [0.29, 0.717) is 12.0 Å². The minimum absolute atomic E-state index is 0.425. The second kappa shape index (κ2) is 1.95. The third-order valence-corrected chi connectivity index (χ3v) is 1.72. The maximum atomic E-state index is 10.5. The highest BCUT2D eigenvalue weighted by Crippen LogP contribution is 2.21. The van der Waals surface area contributed by atoms with Gasteiger partial charge in [0.15, 0.2) is 0 Å². The number of carboxylic acid groups (broad SMARTS) is 1. The van der Waals surface area contributed by atoms with Gasteiger partial charge in [0.2, 0.25) is 0 Å². The maximum Gasteiger partial charge on any atom is 0.331 e. The zero-order valence-electron chi connectivity index (χ0n) is 5.66. The molecule has 0 radical (unpaired) electrons. The number of aliphatic carboxylic acids is 1. The lowest BCUT2D eigenvalue weighted by atomic mass is 10.2. The number of rotatable bonds is 1. The lowest BCUT2D eigenvalue weighted by Crippen LogP contribution is -1.99. The van der Waals surface area contributed by atoms with Gasteiger partial charge in [-0.3, -0.25) is 5.10 Å². The van der Waals surface area contributed by atoms with Gasteiger partial charge in [-0.15, -0.1) is 0 Å². The van der Waals surface area contributed by atoms with E-state index in [4.69, 9.17) is 5.11 Å². The summed E-state index contributed by atoms with van der Waals surface area (Å²) in [7, 11) is 0. The first-order valence-electron chi connectivity index (χ1n) is 3.23. The average Bonchev–Trinajstić information content (AvgIpc) is 2.40. The number of aromatic nitrogens is 2. The average molecular weight is 150 g/mol. The second-order valence-electron chi connectivity index (χ2n) is 2.46.